The van der Waals surface area contributed by atoms with Crippen molar-refractivity contribution in [2.24, 2.45) is 0 Å². The number of benzene rings is 2. The van der Waals surface area contributed by atoms with Crippen molar-refractivity contribution in [3.8, 4) is 11.5 Å². The van der Waals surface area contributed by atoms with Crippen LogP contribution < -0.4 is 14.7 Å². The van der Waals surface area contributed by atoms with Crippen LogP contribution >= 0.6 is 0 Å². The maximum atomic E-state index is 12.6. The third-order valence-electron chi connectivity index (χ3n) is 4.42. The van der Waals surface area contributed by atoms with Gasteiger partial charge in [-0.3, -0.25) is 4.79 Å². The maximum absolute atomic E-state index is 12.6. The molecule has 0 saturated carbocycles. The highest BCUT2D eigenvalue weighted by molar-refractivity contribution is 6.14. The second-order valence-corrected chi connectivity index (χ2v) is 5.90. The SMILES string of the molecule is CC[NH+](CC)Cc1c([O-])ccc2c1O/C(=C\c1ccccc1)C2=O. The average Bonchev–Trinajstić information content (AvgIpc) is 2.91. The number of hydrogen-bond acceptors (Lipinski definition) is 3. The first-order valence-electron chi connectivity index (χ1n) is 8.29. The van der Waals surface area contributed by atoms with Gasteiger partial charge < -0.3 is 14.7 Å². The van der Waals surface area contributed by atoms with Crippen molar-refractivity contribution in [1.29, 1.82) is 0 Å². The lowest BCUT2D eigenvalue weighted by atomic mass is 10.0. The summed E-state index contributed by atoms with van der Waals surface area (Å²) in [5.41, 5.74) is 1.97. The van der Waals surface area contributed by atoms with E-state index in [1.54, 1.807) is 12.1 Å². The summed E-state index contributed by atoms with van der Waals surface area (Å²) in [5, 5.41) is 12.3. The lowest BCUT2D eigenvalue weighted by Gasteiger charge is -2.21. The molecule has 124 valence electrons. The molecular weight excluding hydrogens is 302 g/mol. The first kappa shape index (κ1) is 16.3. The van der Waals surface area contributed by atoms with Gasteiger partial charge in [0.2, 0.25) is 5.78 Å². The first-order chi connectivity index (χ1) is 11.6. The summed E-state index contributed by atoms with van der Waals surface area (Å²) >= 11 is 0. The average molecular weight is 323 g/mol. The number of quaternary nitrogens is 1. The highest BCUT2D eigenvalue weighted by Crippen LogP contribution is 2.38. The molecule has 24 heavy (non-hydrogen) atoms. The van der Waals surface area contributed by atoms with Gasteiger partial charge in [-0.05, 0) is 31.6 Å². The molecule has 0 aromatic heterocycles. The van der Waals surface area contributed by atoms with Gasteiger partial charge >= 0.3 is 0 Å². The molecule has 4 nitrogen and oxygen atoms in total. The number of carbonyl (C=O) groups is 1. The van der Waals surface area contributed by atoms with Gasteiger partial charge in [0, 0.05) is 5.56 Å². The summed E-state index contributed by atoms with van der Waals surface area (Å²) in [5.74, 6) is 0.484. The summed E-state index contributed by atoms with van der Waals surface area (Å²) in [6.07, 6.45) is 1.72. The van der Waals surface area contributed by atoms with Crippen LogP contribution in [0.1, 0.15) is 35.3 Å². The Morgan fingerprint density at radius 1 is 1.08 bits per heavy atom. The Bertz CT molecular complexity index is 777. The summed E-state index contributed by atoms with van der Waals surface area (Å²) in [4.78, 5) is 13.9. The minimum Gasteiger partial charge on any atom is -0.872 e. The van der Waals surface area contributed by atoms with Crippen LogP contribution in [0.2, 0.25) is 0 Å². The summed E-state index contributed by atoms with van der Waals surface area (Å²) < 4.78 is 5.82. The third-order valence-corrected chi connectivity index (χ3v) is 4.42. The molecule has 0 unspecified atom stereocenters. The molecule has 0 bridgehead atoms. The molecule has 0 fully saturated rings. The van der Waals surface area contributed by atoms with Gasteiger partial charge in [-0.25, -0.2) is 0 Å². The molecule has 4 heteroatoms. The van der Waals surface area contributed by atoms with Gasteiger partial charge in [0.25, 0.3) is 0 Å². The van der Waals surface area contributed by atoms with E-state index in [0.717, 1.165) is 18.7 Å². The van der Waals surface area contributed by atoms with Gasteiger partial charge in [0.15, 0.2) is 5.76 Å². The molecule has 1 heterocycles. The van der Waals surface area contributed by atoms with Crippen LogP contribution in [0, 0.1) is 0 Å². The smallest absolute Gasteiger partial charge is 0.231 e. The van der Waals surface area contributed by atoms with Crippen molar-refractivity contribution in [3.05, 3.63) is 64.9 Å². The van der Waals surface area contributed by atoms with E-state index in [0.29, 0.717) is 23.4 Å². The highest BCUT2D eigenvalue weighted by Gasteiger charge is 2.30. The molecule has 1 aliphatic heterocycles. The maximum Gasteiger partial charge on any atom is 0.231 e. The highest BCUT2D eigenvalue weighted by atomic mass is 16.5. The van der Waals surface area contributed by atoms with Gasteiger partial charge in [0.05, 0.1) is 18.7 Å². The zero-order valence-electron chi connectivity index (χ0n) is 14.0. The first-order valence-corrected chi connectivity index (χ1v) is 8.29. The summed E-state index contributed by atoms with van der Waals surface area (Å²) in [6.45, 7) is 6.57. The van der Waals surface area contributed by atoms with Crippen LogP contribution in [0.4, 0.5) is 0 Å². The van der Waals surface area contributed by atoms with Crippen LogP contribution in [-0.2, 0) is 6.54 Å². The van der Waals surface area contributed by atoms with Crippen molar-refractivity contribution in [3.63, 3.8) is 0 Å². The topological polar surface area (TPSA) is 53.8 Å². The number of hydrogen-bond donors (Lipinski definition) is 1. The molecule has 0 saturated heterocycles. The summed E-state index contributed by atoms with van der Waals surface area (Å²) in [6, 6.07) is 12.6. The van der Waals surface area contributed by atoms with Crippen LogP contribution in [-0.4, -0.2) is 18.9 Å². The molecule has 0 amide bonds. The van der Waals surface area contributed by atoms with Crippen molar-refractivity contribution < 1.29 is 19.5 Å². The molecule has 0 atom stereocenters. The number of nitrogens with one attached hydrogen (secondary N) is 1. The number of rotatable bonds is 5. The Balaban J connectivity index is 1.98. The van der Waals surface area contributed by atoms with Crippen LogP contribution in [0.15, 0.2) is 48.2 Å². The number of carbonyl (C=O) groups excluding carboxylic acids is 1. The Morgan fingerprint density at radius 2 is 1.79 bits per heavy atom. The van der Waals surface area contributed by atoms with Crippen molar-refractivity contribution in [2.75, 3.05) is 13.1 Å². The Labute approximate surface area is 142 Å². The summed E-state index contributed by atoms with van der Waals surface area (Å²) in [7, 11) is 0. The van der Waals surface area contributed by atoms with Crippen LogP contribution in [0.5, 0.6) is 11.5 Å². The molecule has 2 aromatic rings. The molecule has 2 aromatic carbocycles. The zero-order valence-corrected chi connectivity index (χ0v) is 14.0. The fourth-order valence-electron chi connectivity index (χ4n) is 2.91. The molecule has 1 aliphatic rings. The fourth-order valence-corrected chi connectivity index (χ4v) is 2.91. The predicted molar refractivity (Wildman–Crippen MR) is 91.0 cm³/mol. The van der Waals surface area contributed by atoms with Gasteiger partial charge in [-0.1, -0.05) is 42.1 Å². The second kappa shape index (κ2) is 6.89. The van der Waals surface area contributed by atoms with E-state index >= 15 is 0 Å². The number of ether oxygens (including phenoxy) is 1. The van der Waals surface area contributed by atoms with Crippen LogP contribution in [0.25, 0.3) is 6.08 Å². The van der Waals surface area contributed by atoms with E-state index in [-0.39, 0.29) is 17.3 Å². The second-order valence-electron chi connectivity index (χ2n) is 5.90. The Kier molecular flexibility index (Phi) is 4.67. The van der Waals surface area contributed by atoms with E-state index in [2.05, 4.69) is 13.8 Å². The Hall–Kier alpha value is -2.59. The normalized spacial score (nSPS) is 15.0. The van der Waals surface area contributed by atoms with Gasteiger partial charge in [-0.15, -0.1) is 0 Å². The predicted octanol–water partition coefficient (Wildman–Crippen LogP) is 1.80. The third kappa shape index (κ3) is 3.05. The monoisotopic (exact) mass is 323 g/mol. The standard InChI is InChI=1S/C20H21NO3/c1-3-21(4-2)13-16-17(22)11-10-15-19(23)18(24-20(15)16)12-14-8-6-5-7-9-14/h5-12,22H,3-4,13H2,1-2H3/b18-12-. The van der Waals surface area contributed by atoms with Gasteiger partial charge in [0.1, 0.15) is 12.3 Å². The van der Waals surface area contributed by atoms with Crippen LogP contribution in [0.3, 0.4) is 0 Å². The van der Waals surface area contributed by atoms with E-state index in [9.17, 15) is 9.90 Å². The molecule has 1 N–H and O–H groups in total. The lowest BCUT2D eigenvalue weighted by molar-refractivity contribution is -0.910. The number of fused-ring (bicyclic) bond motifs is 1. The molecule has 0 aliphatic carbocycles. The molecule has 0 radical (unpaired) electrons. The van der Waals surface area contributed by atoms with E-state index in [1.807, 2.05) is 30.3 Å². The largest absolute Gasteiger partial charge is 0.872 e. The van der Waals surface area contributed by atoms with Crippen molar-refractivity contribution in [2.45, 2.75) is 20.4 Å². The minimum atomic E-state index is -0.162. The number of ketones is 1. The van der Waals surface area contributed by atoms with E-state index in [4.69, 9.17) is 4.74 Å². The quantitative estimate of drug-likeness (QED) is 0.854. The van der Waals surface area contributed by atoms with E-state index < -0.39 is 0 Å². The molecular formula is C20H21NO3. The number of allylic oxidation sites excluding steroid dienone is 1. The van der Waals surface area contributed by atoms with Crippen molar-refractivity contribution in [1.82, 2.24) is 0 Å². The minimum absolute atomic E-state index is 0.0677. The zero-order chi connectivity index (χ0) is 17.1. The molecule has 0 spiro atoms. The van der Waals surface area contributed by atoms with Crippen molar-refractivity contribution >= 4 is 11.9 Å². The number of Topliss-reactive ketones (excluding diaryl/α,β-unsaturated/α-hetero) is 1. The Morgan fingerprint density at radius 3 is 2.46 bits per heavy atom. The molecule has 3 rings (SSSR count). The van der Waals surface area contributed by atoms with Gasteiger partial charge in [-0.2, -0.15) is 0 Å². The fraction of sp³-hybridized carbons (Fsp3) is 0.250. The van der Waals surface area contributed by atoms with E-state index in [1.165, 1.54) is 11.0 Å². The lowest BCUT2D eigenvalue weighted by Crippen LogP contribution is -3.10.